The first-order valence-electron chi connectivity index (χ1n) is 10.2. The minimum absolute atomic E-state index is 0.0428. The van der Waals surface area contributed by atoms with E-state index in [4.69, 9.17) is 11.0 Å². The molecule has 1 saturated heterocycles. The van der Waals surface area contributed by atoms with Gasteiger partial charge in [-0.2, -0.15) is 10.2 Å². The van der Waals surface area contributed by atoms with Gasteiger partial charge in [-0.3, -0.25) is 4.48 Å². The fraction of sp³-hybridized carbons (Fsp3) is 0.455. The smallest absolute Gasteiger partial charge is 0.233 e. The van der Waals surface area contributed by atoms with Crippen molar-refractivity contribution in [2.45, 2.75) is 58.2 Å². The van der Waals surface area contributed by atoms with Gasteiger partial charge in [-0.25, -0.2) is 9.37 Å². The number of nitrogens with zero attached hydrogens (tertiary/aromatic N) is 4. The van der Waals surface area contributed by atoms with Crippen LogP contribution in [0.3, 0.4) is 0 Å². The highest BCUT2D eigenvalue weighted by molar-refractivity contribution is 5.66. The lowest BCUT2D eigenvalue weighted by Gasteiger charge is -2.55. The second-order valence-corrected chi connectivity index (χ2v) is 9.05. The number of hydrogen-bond acceptors (Lipinski definition) is 6. The van der Waals surface area contributed by atoms with Gasteiger partial charge in [0.25, 0.3) is 0 Å². The zero-order valence-electron chi connectivity index (χ0n) is 18.1. The Balaban J connectivity index is 2.16. The monoisotopic (exact) mass is 426 g/mol. The number of nitrogens with two attached hydrogens (primary N) is 1. The van der Waals surface area contributed by atoms with E-state index >= 15 is 0 Å². The molecule has 8 nitrogen and oxygen atoms in total. The second-order valence-electron chi connectivity index (χ2n) is 9.05. The van der Waals surface area contributed by atoms with Crippen LogP contribution >= 0.6 is 0 Å². The van der Waals surface area contributed by atoms with E-state index in [1.807, 2.05) is 0 Å². The summed E-state index contributed by atoms with van der Waals surface area (Å²) in [4.78, 5) is 20.0. The lowest BCUT2D eigenvalue weighted by molar-refractivity contribution is -0.252. The number of anilines is 1. The summed E-state index contributed by atoms with van der Waals surface area (Å²) in [6.45, 7) is 8.80. The van der Waals surface area contributed by atoms with E-state index in [-0.39, 0.29) is 29.1 Å². The van der Waals surface area contributed by atoms with E-state index in [0.717, 1.165) is 6.42 Å². The Hall–Kier alpha value is -3.25. The third-order valence-electron chi connectivity index (χ3n) is 6.24. The molecule has 0 aliphatic carbocycles. The van der Waals surface area contributed by atoms with E-state index in [9.17, 15) is 14.3 Å². The van der Waals surface area contributed by atoms with Gasteiger partial charge in [0.05, 0.1) is 28.9 Å². The maximum atomic E-state index is 14.2. The van der Waals surface area contributed by atoms with E-state index in [0.29, 0.717) is 34.5 Å². The van der Waals surface area contributed by atoms with Crippen molar-refractivity contribution in [2.75, 3.05) is 12.3 Å². The Labute approximate surface area is 181 Å². The van der Waals surface area contributed by atoms with Gasteiger partial charge in [-0.15, -0.1) is 0 Å². The first kappa shape index (κ1) is 22.4. The number of likely N-dealkylation sites (tertiary alicyclic amines) is 1. The molecule has 1 unspecified atom stereocenters. The predicted molar refractivity (Wildman–Crippen MR) is 114 cm³/mol. The van der Waals surface area contributed by atoms with Gasteiger partial charge in [-0.05, 0) is 46.2 Å². The highest BCUT2D eigenvalue weighted by Gasteiger charge is 2.52. The molecule has 9 heteroatoms. The van der Waals surface area contributed by atoms with E-state index in [2.05, 4.69) is 43.0 Å². The molecular weight excluding hydrogens is 399 g/mol. The van der Waals surface area contributed by atoms with Gasteiger partial charge in [-0.1, -0.05) is 6.07 Å². The Morgan fingerprint density at radius 2 is 2.03 bits per heavy atom. The zero-order valence-corrected chi connectivity index (χ0v) is 18.1. The average Bonchev–Trinajstić information content (AvgIpc) is 2.67. The zero-order chi connectivity index (χ0) is 23.0. The van der Waals surface area contributed by atoms with Crippen molar-refractivity contribution < 1.29 is 14.3 Å². The van der Waals surface area contributed by atoms with Crippen LogP contribution < -0.4 is 20.6 Å². The first-order chi connectivity index (χ1) is 14.5. The van der Waals surface area contributed by atoms with Gasteiger partial charge in [0.15, 0.2) is 0 Å². The molecule has 1 amide bonds. The molecule has 1 fully saturated rings. The number of carbonyl (C=O) groups excluding carboxylic acids is 1. The number of quaternary nitrogens is 1. The lowest BCUT2D eigenvalue weighted by atomic mass is 9.87. The molecule has 31 heavy (non-hydrogen) atoms. The van der Waals surface area contributed by atoms with Gasteiger partial charge < -0.3 is 21.0 Å². The van der Waals surface area contributed by atoms with E-state index in [1.165, 1.54) is 12.1 Å². The summed E-state index contributed by atoms with van der Waals surface area (Å²) in [5.41, 5.74) is 6.58. The van der Waals surface area contributed by atoms with Crippen LogP contribution in [0.15, 0.2) is 24.3 Å². The molecule has 3 N–H and O–H groups in total. The Bertz CT molecular complexity index is 1050. The number of amides is 1. The van der Waals surface area contributed by atoms with Crippen molar-refractivity contribution in [3.8, 4) is 17.3 Å². The molecular formula is C22H27FN6O2. The van der Waals surface area contributed by atoms with Crippen LogP contribution in [-0.4, -0.2) is 40.2 Å². The summed E-state index contributed by atoms with van der Waals surface area (Å²) in [7, 11) is 0. The summed E-state index contributed by atoms with van der Waals surface area (Å²) in [6.07, 6.45) is 0.161. The maximum Gasteiger partial charge on any atom is 0.233 e. The van der Waals surface area contributed by atoms with E-state index in [1.54, 1.807) is 18.2 Å². The molecule has 3 rings (SSSR count). The van der Waals surface area contributed by atoms with Crippen LogP contribution in [0, 0.1) is 17.1 Å². The largest absolute Gasteiger partial charge is 0.530 e. The molecule has 1 aromatic carbocycles. The number of carbonyl (C=O) groups is 1. The maximum absolute atomic E-state index is 14.2. The van der Waals surface area contributed by atoms with Crippen LogP contribution in [0.2, 0.25) is 0 Å². The van der Waals surface area contributed by atoms with Crippen LogP contribution in [0.25, 0.3) is 11.3 Å². The predicted octanol–water partition coefficient (Wildman–Crippen LogP) is 2.33. The standard InChI is InChI=1S/C22H27FN6O2/c1-13-5-8-16(26-21(30)31)12-29(13,22(2,3)4)19-10-18(27-20(25)28-19)14-6-7-15(11-24)17(23)9-14/h6-7,9-10,13,16,26H,5,8,12H2,1-4H3,(H2-,25,27,28,30,31)/t13-,16+,29?/m1/s1. The van der Waals surface area contributed by atoms with E-state index < -0.39 is 11.9 Å². The summed E-state index contributed by atoms with van der Waals surface area (Å²) in [5, 5.41) is 22.7. The molecule has 3 atom stereocenters. The van der Waals surface area contributed by atoms with Gasteiger partial charge in [0.1, 0.15) is 24.5 Å². The summed E-state index contributed by atoms with van der Waals surface area (Å²) < 4.78 is 14.6. The number of nitrogen functional groups attached to an aromatic ring is 1. The minimum Gasteiger partial charge on any atom is -0.530 e. The van der Waals surface area contributed by atoms with Crippen molar-refractivity contribution in [3.63, 3.8) is 0 Å². The number of rotatable bonds is 3. The van der Waals surface area contributed by atoms with Crippen LogP contribution in [-0.2, 0) is 0 Å². The number of aromatic nitrogens is 2. The average molecular weight is 426 g/mol. The van der Waals surface area contributed by atoms with Crippen molar-refractivity contribution in [3.05, 3.63) is 35.6 Å². The molecule has 2 aromatic rings. The Kier molecular flexibility index (Phi) is 5.87. The first-order valence-corrected chi connectivity index (χ1v) is 10.2. The van der Waals surface area contributed by atoms with Gasteiger partial charge >= 0.3 is 0 Å². The molecule has 0 spiro atoms. The molecule has 0 saturated carbocycles. The normalized spacial score (nSPS) is 23.7. The molecule has 0 bridgehead atoms. The topological polar surface area (TPSA) is 128 Å². The van der Waals surface area contributed by atoms with Crippen LogP contribution in [0.4, 0.5) is 21.0 Å². The fourth-order valence-electron chi connectivity index (χ4n) is 4.73. The lowest BCUT2D eigenvalue weighted by Crippen LogP contribution is -2.73. The SMILES string of the molecule is C[C@@H]1CC[C@H](NC(=O)[O-])C[N+]1(c1cc(-c2ccc(C#N)c(F)c2)nc(N)n1)C(C)(C)C. The van der Waals surface area contributed by atoms with Crippen molar-refractivity contribution in [2.24, 2.45) is 0 Å². The minimum atomic E-state index is -1.30. The number of benzene rings is 1. The molecule has 1 aromatic heterocycles. The number of nitrogens with one attached hydrogen (secondary N) is 1. The molecule has 0 radical (unpaired) electrons. The second kappa shape index (κ2) is 8.12. The van der Waals surface area contributed by atoms with Crippen molar-refractivity contribution >= 4 is 17.9 Å². The highest BCUT2D eigenvalue weighted by Crippen LogP contribution is 2.41. The quantitative estimate of drug-likeness (QED) is 0.725. The number of piperidine rings is 1. The molecule has 164 valence electrons. The third-order valence-corrected chi connectivity index (χ3v) is 6.24. The summed E-state index contributed by atoms with van der Waals surface area (Å²) in [5.74, 6) is 0.0429. The summed E-state index contributed by atoms with van der Waals surface area (Å²) >= 11 is 0. The number of nitriles is 1. The molecule has 1 aliphatic heterocycles. The van der Waals surface area contributed by atoms with Crippen molar-refractivity contribution in [1.29, 1.82) is 5.26 Å². The molecule has 2 heterocycles. The molecule has 1 aliphatic rings. The fourth-order valence-corrected chi connectivity index (χ4v) is 4.73. The van der Waals surface area contributed by atoms with Crippen LogP contribution in [0.1, 0.15) is 46.1 Å². The Morgan fingerprint density at radius 3 is 2.61 bits per heavy atom. The van der Waals surface area contributed by atoms with Gasteiger partial charge in [0.2, 0.25) is 11.8 Å². The third kappa shape index (κ3) is 4.16. The summed E-state index contributed by atoms with van der Waals surface area (Å²) in [6, 6.07) is 7.69. The highest BCUT2D eigenvalue weighted by atomic mass is 19.1. The van der Waals surface area contributed by atoms with Crippen molar-refractivity contribution in [1.82, 2.24) is 19.8 Å². The van der Waals surface area contributed by atoms with Crippen LogP contribution in [0.5, 0.6) is 0 Å². The number of carboxylic acid groups (broad SMARTS) is 1. The number of halogens is 1. The van der Waals surface area contributed by atoms with Gasteiger partial charge in [0, 0.05) is 18.1 Å². The number of hydrogen-bond donors (Lipinski definition) is 2. The Morgan fingerprint density at radius 1 is 1.32 bits per heavy atom.